The second-order valence-electron chi connectivity index (χ2n) is 5.63. The number of anilines is 3. The van der Waals surface area contributed by atoms with Crippen LogP contribution in [-0.4, -0.2) is 26.3 Å². The van der Waals surface area contributed by atoms with Crippen molar-refractivity contribution >= 4 is 17.3 Å². The zero-order valence-electron chi connectivity index (χ0n) is 12.8. The van der Waals surface area contributed by atoms with E-state index in [1.54, 1.807) is 10.9 Å². The number of nitrogens with one attached hydrogen (secondary N) is 2. The highest BCUT2D eigenvalue weighted by molar-refractivity contribution is 5.64. The van der Waals surface area contributed by atoms with Crippen molar-refractivity contribution in [2.45, 2.75) is 39.0 Å². The Morgan fingerprint density at radius 1 is 1.29 bits per heavy atom. The molecular formula is C15H22N6. The fourth-order valence-corrected chi connectivity index (χ4v) is 2.22. The van der Waals surface area contributed by atoms with Crippen molar-refractivity contribution in [1.29, 1.82) is 0 Å². The molecule has 1 aliphatic rings. The van der Waals surface area contributed by atoms with Crippen LogP contribution in [0.25, 0.3) is 0 Å². The summed E-state index contributed by atoms with van der Waals surface area (Å²) in [7, 11) is 1.90. The van der Waals surface area contributed by atoms with Crippen molar-refractivity contribution in [3.8, 4) is 0 Å². The molecule has 6 nitrogen and oxygen atoms in total. The van der Waals surface area contributed by atoms with Gasteiger partial charge in [0, 0.05) is 31.3 Å². The first kappa shape index (κ1) is 13.9. The summed E-state index contributed by atoms with van der Waals surface area (Å²) in [6.45, 7) is 5.13. The highest BCUT2D eigenvalue weighted by Crippen LogP contribution is 2.39. The van der Waals surface area contributed by atoms with E-state index < -0.39 is 0 Å². The topological polar surface area (TPSA) is 67.7 Å². The lowest BCUT2D eigenvalue weighted by atomic mass is 10.2. The lowest BCUT2D eigenvalue weighted by Crippen LogP contribution is -2.09. The van der Waals surface area contributed by atoms with Gasteiger partial charge in [-0.3, -0.25) is 4.68 Å². The number of aromatic nitrogens is 4. The molecule has 21 heavy (non-hydrogen) atoms. The predicted molar refractivity (Wildman–Crippen MR) is 84.0 cm³/mol. The summed E-state index contributed by atoms with van der Waals surface area (Å²) < 4.78 is 1.77. The monoisotopic (exact) mass is 286 g/mol. The summed E-state index contributed by atoms with van der Waals surface area (Å²) in [4.78, 5) is 9.40. The van der Waals surface area contributed by atoms with Gasteiger partial charge < -0.3 is 10.6 Å². The largest absolute Gasteiger partial charge is 0.370 e. The molecule has 0 amide bonds. The van der Waals surface area contributed by atoms with Crippen molar-refractivity contribution in [3.63, 3.8) is 0 Å². The highest BCUT2D eigenvalue weighted by atomic mass is 15.3. The maximum Gasteiger partial charge on any atom is 0.139 e. The molecule has 2 aromatic heterocycles. The van der Waals surface area contributed by atoms with Crippen LogP contribution < -0.4 is 10.6 Å². The van der Waals surface area contributed by atoms with Crippen LogP contribution in [0.3, 0.4) is 0 Å². The number of rotatable bonds is 6. The minimum Gasteiger partial charge on any atom is -0.370 e. The van der Waals surface area contributed by atoms with Gasteiger partial charge in [-0.25, -0.2) is 9.97 Å². The van der Waals surface area contributed by atoms with Gasteiger partial charge in [-0.2, -0.15) is 5.10 Å². The molecule has 0 saturated heterocycles. The van der Waals surface area contributed by atoms with Crippen molar-refractivity contribution in [3.05, 3.63) is 23.8 Å². The molecule has 2 heterocycles. The Balaban J connectivity index is 1.91. The molecule has 0 atom stereocenters. The van der Waals surface area contributed by atoms with Crippen LogP contribution in [0.4, 0.5) is 17.3 Å². The minimum absolute atomic E-state index is 0.530. The van der Waals surface area contributed by atoms with E-state index in [1.807, 2.05) is 20.2 Å². The second-order valence-corrected chi connectivity index (χ2v) is 5.63. The van der Waals surface area contributed by atoms with Crippen LogP contribution in [0, 0.1) is 6.92 Å². The van der Waals surface area contributed by atoms with Crippen molar-refractivity contribution in [2.24, 2.45) is 7.05 Å². The molecule has 3 rings (SSSR count). The van der Waals surface area contributed by atoms with Crippen LogP contribution in [0.5, 0.6) is 0 Å². The molecule has 1 fully saturated rings. The van der Waals surface area contributed by atoms with Gasteiger partial charge in [0.25, 0.3) is 0 Å². The molecule has 1 saturated carbocycles. The Morgan fingerprint density at radius 2 is 2.05 bits per heavy atom. The molecule has 2 N–H and O–H groups in total. The molecule has 0 aromatic carbocycles. The Kier molecular flexibility index (Phi) is 3.77. The first-order valence-corrected chi connectivity index (χ1v) is 7.55. The Labute approximate surface area is 125 Å². The molecule has 0 unspecified atom stereocenters. The molecule has 1 aliphatic carbocycles. The van der Waals surface area contributed by atoms with Crippen LogP contribution in [0.15, 0.2) is 12.4 Å². The van der Waals surface area contributed by atoms with Gasteiger partial charge in [0.1, 0.15) is 17.5 Å². The molecular weight excluding hydrogens is 264 g/mol. The van der Waals surface area contributed by atoms with Gasteiger partial charge >= 0.3 is 0 Å². The summed E-state index contributed by atoms with van der Waals surface area (Å²) in [5.74, 6) is 3.30. The molecule has 2 aromatic rings. The summed E-state index contributed by atoms with van der Waals surface area (Å²) >= 11 is 0. The van der Waals surface area contributed by atoms with Gasteiger partial charge in [0.2, 0.25) is 0 Å². The van der Waals surface area contributed by atoms with Gasteiger partial charge in [0.05, 0.1) is 11.9 Å². The normalized spacial score (nSPS) is 14.2. The summed E-state index contributed by atoms with van der Waals surface area (Å²) in [6, 6.07) is 0. The van der Waals surface area contributed by atoms with E-state index in [4.69, 9.17) is 9.97 Å². The molecule has 0 spiro atoms. The number of nitrogens with zero attached hydrogens (tertiary/aromatic N) is 4. The van der Waals surface area contributed by atoms with Crippen LogP contribution in [0.2, 0.25) is 0 Å². The molecule has 112 valence electrons. The summed E-state index contributed by atoms with van der Waals surface area (Å²) in [5.41, 5.74) is 2.00. The molecule has 6 heteroatoms. The third-order valence-corrected chi connectivity index (χ3v) is 3.62. The first-order valence-electron chi connectivity index (χ1n) is 7.55. The second kappa shape index (κ2) is 5.71. The first-order chi connectivity index (χ1) is 10.2. The summed E-state index contributed by atoms with van der Waals surface area (Å²) in [6.07, 6.45) is 7.22. The van der Waals surface area contributed by atoms with Gasteiger partial charge in [-0.05, 0) is 26.2 Å². The van der Waals surface area contributed by atoms with E-state index in [0.717, 1.165) is 41.7 Å². The van der Waals surface area contributed by atoms with Gasteiger partial charge in [-0.1, -0.05) is 6.92 Å². The van der Waals surface area contributed by atoms with E-state index in [9.17, 15) is 0 Å². The Hall–Kier alpha value is -2.11. The number of hydrogen-bond donors (Lipinski definition) is 2. The maximum absolute atomic E-state index is 4.71. The predicted octanol–water partition coefficient (Wildman–Crippen LogP) is 2.96. The smallest absolute Gasteiger partial charge is 0.139 e. The van der Waals surface area contributed by atoms with E-state index in [2.05, 4.69) is 22.7 Å². The van der Waals surface area contributed by atoms with Crippen LogP contribution in [-0.2, 0) is 7.05 Å². The van der Waals surface area contributed by atoms with Crippen LogP contribution >= 0.6 is 0 Å². The Bertz CT molecular complexity index is 629. The average Bonchev–Trinajstić information content (AvgIpc) is 3.23. The zero-order chi connectivity index (χ0) is 14.8. The van der Waals surface area contributed by atoms with Crippen molar-refractivity contribution in [2.75, 3.05) is 17.2 Å². The third kappa shape index (κ3) is 3.15. The fourth-order valence-electron chi connectivity index (χ4n) is 2.22. The van der Waals surface area contributed by atoms with Crippen molar-refractivity contribution < 1.29 is 0 Å². The fraction of sp³-hybridized carbons (Fsp3) is 0.533. The standard InChI is InChI=1S/C15H22N6/c1-4-7-16-13-10(2)14(18-12-8-17-21(3)9-12)20-15(19-13)11-5-6-11/h8-9,11H,4-7H2,1-3H3,(H2,16,18,19,20). The van der Waals surface area contributed by atoms with Gasteiger partial charge in [-0.15, -0.1) is 0 Å². The molecule has 0 radical (unpaired) electrons. The zero-order valence-corrected chi connectivity index (χ0v) is 12.8. The van der Waals surface area contributed by atoms with E-state index in [0.29, 0.717) is 5.92 Å². The van der Waals surface area contributed by atoms with Crippen LogP contribution in [0.1, 0.15) is 43.5 Å². The number of hydrogen-bond acceptors (Lipinski definition) is 5. The van der Waals surface area contributed by atoms with E-state index >= 15 is 0 Å². The average molecular weight is 286 g/mol. The van der Waals surface area contributed by atoms with E-state index in [-0.39, 0.29) is 0 Å². The third-order valence-electron chi connectivity index (χ3n) is 3.62. The molecule has 0 bridgehead atoms. The number of aryl methyl sites for hydroxylation is 1. The minimum atomic E-state index is 0.530. The summed E-state index contributed by atoms with van der Waals surface area (Å²) in [5, 5.41) is 10.9. The molecule has 0 aliphatic heterocycles. The lowest BCUT2D eigenvalue weighted by Gasteiger charge is -2.14. The van der Waals surface area contributed by atoms with Crippen molar-refractivity contribution in [1.82, 2.24) is 19.7 Å². The van der Waals surface area contributed by atoms with Gasteiger partial charge in [0.15, 0.2) is 0 Å². The quantitative estimate of drug-likeness (QED) is 0.854. The Morgan fingerprint density at radius 3 is 2.67 bits per heavy atom. The lowest BCUT2D eigenvalue weighted by molar-refractivity contribution is 0.768. The SMILES string of the molecule is CCCNc1nc(C2CC2)nc(Nc2cnn(C)c2)c1C. The maximum atomic E-state index is 4.71. The van der Waals surface area contributed by atoms with E-state index in [1.165, 1.54) is 12.8 Å². The highest BCUT2D eigenvalue weighted by Gasteiger charge is 2.28.